The zero-order valence-electron chi connectivity index (χ0n) is 9.01. The Balaban J connectivity index is 2.21. The van der Waals surface area contributed by atoms with Crippen molar-refractivity contribution in [2.45, 2.75) is 0 Å². The van der Waals surface area contributed by atoms with Crippen molar-refractivity contribution < 1.29 is 23.5 Å². The van der Waals surface area contributed by atoms with Crippen molar-refractivity contribution in [3.05, 3.63) is 30.1 Å². The van der Waals surface area contributed by atoms with Crippen molar-refractivity contribution in [2.24, 2.45) is 0 Å². The summed E-state index contributed by atoms with van der Waals surface area (Å²) in [5, 5.41) is 12.7. The van der Waals surface area contributed by atoms with E-state index >= 15 is 0 Å². The van der Waals surface area contributed by atoms with Crippen molar-refractivity contribution in [1.29, 1.82) is 0 Å². The van der Waals surface area contributed by atoms with E-state index in [-0.39, 0.29) is 12.7 Å². The SMILES string of the molecule is COCOc1cc(-c2ccc(O)c(F)c2)on1. The molecule has 2 rings (SSSR count). The summed E-state index contributed by atoms with van der Waals surface area (Å²) in [7, 11) is 1.48. The van der Waals surface area contributed by atoms with Gasteiger partial charge in [0, 0.05) is 18.7 Å². The topological polar surface area (TPSA) is 64.7 Å². The fourth-order valence-electron chi connectivity index (χ4n) is 1.24. The van der Waals surface area contributed by atoms with E-state index in [0.29, 0.717) is 11.3 Å². The second-order valence-electron chi connectivity index (χ2n) is 3.25. The maximum absolute atomic E-state index is 13.1. The van der Waals surface area contributed by atoms with Crippen molar-refractivity contribution >= 4 is 0 Å². The molecule has 0 saturated carbocycles. The minimum atomic E-state index is -0.724. The molecule has 0 spiro atoms. The van der Waals surface area contributed by atoms with Gasteiger partial charge in [0.15, 0.2) is 24.1 Å². The molecule has 0 aliphatic heterocycles. The van der Waals surface area contributed by atoms with E-state index in [1.807, 2.05) is 0 Å². The Morgan fingerprint density at radius 2 is 2.24 bits per heavy atom. The minimum absolute atomic E-state index is 0.0515. The van der Waals surface area contributed by atoms with Gasteiger partial charge in [-0.25, -0.2) is 4.39 Å². The highest BCUT2D eigenvalue weighted by Crippen LogP contribution is 2.27. The molecule has 1 aromatic carbocycles. The monoisotopic (exact) mass is 239 g/mol. The lowest BCUT2D eigenvalue weighted by Crippen LogP contribution is -1.98. The van der Waals surface area contributed by atoms with E-state index in [1.165, 1.54) is 25.3 Å². The molecule has 2 aromatic rings. The average molecular weight is 239 g/mol. The summed E-state index contributed by atoms with van der Waals surface area (Å²) in [5.41, 5.74) is 0.458. The molecule has 0 aliphatic rings. The third kappa shape index (κ3) is 2.54. The van der Waals surface area contributed by atoms with Gasteiger partial charge >= 0.3 is 0 Å². The van der Waals surface area contributed by atoms with Crippen LogP contribution < -0.4 is 4.74 Å². The predicted octanol–water partition coefficient (Wildman–Crippen LogP) is 2.17. The molecule has 0 bridgehead atoms. The maximum Gasteiger partial charge on any atom is 0.256 e. The molecule has 0 radical (unpaired) electrons. The van der Waals surface area contributed by atoms with Crippen molar-refractivity contribution in [2.75, 3.05) is 13.9 Å². The number of ether oxygens (including phenoxy) is 2. The lowest BCUT2D eigenvalue weighted by Gasteiger charge is -1.98. The van der Waals surface area contributed by atoms with Gasteiger partial charge in [-0.15, -0.1) is 0 Å². The maximum atomic E-state index is 13.1. The van der Waals surface area contributed by atoms with Crippen molar-refractivity contribution in [3.63, 3.8) is 0 Å². The standard InChI is InChI=1S/C11H10FNO4/c1-15-6-16-11-5-10(17-13-11)7-2-3-9(14)8(12)4-7/h2-5,14H,6H2,1H3. The molecule has 0 aliphatic carbocycles. The first-order valence-electron chi connectivity index (χ1n) is 4.78. The molecule has 1 aromatic heterocycles. The van der Waals surface area contributed by atoms with E-state index in [0.717, 1.165) is 6.07 Å². The number of phenolic OH excluding ortho intramolecular Hbond substituents is 1. The second-order valence-corrected chi connectivity index (χ2v) is 3.25. The third-order valence-corrected chi connectivity index (χ3v) is 2.05. The molecule has 1 heterocycles. The van der Waals surface area contributed by atoms with Gasteiger partial charge in [0.25, 0.3) is 5.88 Å². The fourth-order valence-corrected chi connectivity index (χ4v) is 1.24. The molecule has 1 N–H and O–H groups in total. The van der Waals surface area contributed by atoms with Crippen LogP contribution in [0.1, 0.15) is 0 Å². The Hall–Kier alpha value is -2.08. The zero-order chi connectivity index (χ0) is 12.3. The number of rotatable bonds is 4. The number of halogens is 1. The summed E-state index contributed by atoms with van der Waals surface area (Å²) in [6.45, 7) is 0.0515. The van der Waals surface area contributed by atoms with E-state index in [9.17, 15) is 4.39 Å². The summed E-state index contributed by atoms with van der Waals surface area (Å²) in [6.07, 6.45) is 0. The highest BCUT2D eigenvalue weighted by molar-refractivity contribution is 5.59. The van der Waals surface area contributed by atoms with Crippen LogP contribution in [0.25, 0.3) is 11.3 Å². The number of methoxy groups -OCH3 is 1. The van der Waals surface area contributed by atoms with Gasteiger partial charge in [-0.2, -0.15) is 0 Å². The molecule has 17 heavy (non-hydrogen) atoms. The number of nitrogens with zero attached hydrogens (tertiary/aromatic N) is 1. The van der Waals surface area contributed by atoms with Gasteiger partial charge in [0.05, 0.1) is 0 Å². The molecule has 6 heteroatoms. The Bertz CT molecular complexity index is 512. The number of hydrogen-bond acceptors (Lipinski definition) is 5. The Morgan fingerprint density at radius 3 is 2.94 bits per heavy atom. The number of aromatic nitrogens is 1. The van der Waals surface area contributed by atoms with Crippen LogP contribution in [-0.2, 0) is 4.74 Å². The summed E-state index contributed by atoms with van der Waals surface area (Å²) >= 11 is 0. The van der Waals surface area contributed by atoms with E-state index in [2.05, 4.69) is 5.16 Å². The minimum Gasteiger partial charge on any atom is -0.505 e. The normalized spacial score (nSPS) is 10.5. The summed E-state index contributed by atoms with van der Waals surface area (Å²) in [4.78, 5) is 0. The van der Waals surface area contributed by atoms with Gasteiger partial charge in [0.1, 0.15) is 0 Å². The zero-order valence-corrected chi connectivity index (χ0v) is 9.01. The van der Waals surface area contributed by atoms with Crippen LogP contribution in [0.15, 0.2) is 28.8 Å². The first-order valence-corrected chi connectivity index (χ1v) is 4.78. The number of phenols is 1. The number of benzene rings is 1. The van der Waals surface area contributed by atoms with Crippen molar-refractivity contribution in [1.82, 2.24) is 5.16 Å². The van der Waals surface area contributed by atoms with Gasteiger partial charge in [-0.3, -0.25) is 0 Å². The molecule has 90 valence electrons. The van der Waals surface area contributed by atoms with Gasteiger partial charge in [-0.05, 0) is 23.4 Å². The molecule has 0 saturated heterocycles. The van der Waals surface area contributed by atoms with Crippen molar-refractivity contribution in [3.8, 4) is 23.0 Å². The van der Waals surface area contributed by atoms with Crippen LogP contribution >= 0.6 is 0 Å². The van der Waals surface area contributed by atoms with Crippen LogP contribution in [0.4, 0.5) is 4.39 Å². The first-order chi connectivity index (χ1) is 8.20. The summed E-state index contributed by atoms with van der Waals surface area (Å²) < 4.78 is 27.8. The highest BCUT2D eigenvalue weighted by Gasteiger charge is 2.10. The second kappa shape index (κ2) is 4.84. The highest BCUT2D eigenvalue weighted by atomic mass is 19.1. The Labute approximate surface area is 96.4 Å². The fraction of sp³-hybridized carbons (Fsp3) is 0.182. The predicted molar refractivity (Wildman–Crippen MR) is 56.1 cm³/mol. The first kappa shape index (κ1) is 11.4. The molecule has 0 fully saturated rings. The Morgan fingerprint density at radius 1 is 1.41 bits per heavy atom. The lowest BCUT2D eigenvalue weighted by atomic mass is 10.1. The van der Waals surface area contributed by atoms with Gasteiger partial charge in [0.2, 0.25) is 0 Å². The molecular weight excluding hydrogens is 229 g/mol. The quantitative estimate of drug-likeness (QED) is 0.828. The summed E-state index contributed by atoms with van der Waals surface area (Å²) in [5.74, 6) is -0.548. The summed E-state index contributed by atoms with van der Waals surface area (Å²) in [6, 6.07) is 5.41. The van der Waals surface area contributed by atoms with Crippen LogP contribution in [0.3, 0.4) is 0 Å². The van der Waals surface area contributed by atoms with Crippen LogP contribution in [0.5, 0.6) is 11.6 Å². The van der Waals surface area contributed by atoms with E-state index < -0.39 is 11.6 Å². The number of aromatic hydroxyl groups is 1. The molecular formula is C11H10FNO4. The van der Waals surface area contributed by atoms with Crippen LogP contribution in [0.2, 0.25) is 0 Å². The van der Waals surface area contributed by atoms with Crippen LogP contribution in [-0.4, -0.2) is 24.2 Å². The third-order valence-electron chi connectivity index (χ3n) is 2.05. The van der Waals surface area contributed by atoms with Gasteiger partial charge in [-0.1, -0.05) is 0 Å². The molecule has 0 unspecified atom stereocenters. The molecule has 0 amide bonds. The van der Waals surface area contributed by atoms with Crippen LogP contribution in [0, 0.1) is 5.82 Å². The molecule has 5 nitrogen and oxygen atoms in total. The van der Waals surface area contributed by atoms with E-state index in [4.69, 9.17) is 19.1 Å². The lowest BCUT2D eigenvalue weighted by molar-refractivity contribution is 0.0453. The van der Waals surface area contributed by atoms with E-state index in [1.54, 1.807) is 0 Å². The molecule has 0 atom stereocenters. The Kier molecular flexibility index (Phi) is 3.24. The average Bonchev–Trinajstić information content (AvgIpc) is 2.79. The largest absolute Gasteiger partial charge is 0.505 e. The van der Waals surface area contributed by atoms with Gasteiger partial charge < -0.3 is 19.1 Å². The smallest absolute Gasteiger partial charge is 0.256 e. The number of hydrogen-bond donors (Lipinski definition) is 1.